The number of carboxylic acids is 1. The van der Waals surface area contributed by atoms with Crippen molar-refractivity contribution in [3.63, 3.8) is 0 Å². The highest BCUT2D eigenvalue weighted by Crippen LogP contribution is 2.32. The molecule has 2 saturated heterocycles. The van der Waals surface area contributed by atoms with E-state index in [1.54, 1.807) is 19.4 Å². The van der Waals surface area contributed by atoms with Crippen molar-refractivity contribution in [2.75, 3.05) is 58.0 Å². The fourth-order valence-corrected chi connectivity index (χ4v) is 4.63. The van der Waals surface area contributed by atoms with Crippen molar-refractivity contribution in [3.05, 3.63) is 47.7 Å². The summed E-state index contributed by atoms with van der Waals surface area (Å²) in [4.78, 5) is 24.2. The molecule has 0 unspecified atom stereocenters. The van der Waals surface area contributed by atoms with E-state index in [1.165, 1.54) is 11.1 Å². The van der Waals surface area contributed by atoms with Crippen LogP contribution in [0.2, 0.25) is 0 Å². The van der Waals surface area contributed by atoms with Crippen molar-refractivity contribution in [2.24, 2.45) is 0 Å². The van der Waals surface area contributed by atoms with Crippen LogP contribution < -0.4 is 9.64 Å². The number of rotatable bonds is 10. The second-order valence-electron chi connectivity index (χ2n) is 8.95. The maximum atomic E-state index is 10.6. The number of carbonyl (C=O) groups is 1. The Morgan fingerprint density at radius 2 is 2.00 bits per heavy atom. The Balaban J connectivity index is 1.26. The van der Waals surface area contributed by atoms with Crippen LogP contribution in [0, 0.1) is 0 Å². The summed E-state index contributed by atoms with van der Waals surface area (Å²) in [6.45, 7) is 5.92. The smallest absolute Gasteiger partial charge is 0.305 e. The van der Waals surface area contributed by atoms with E-state index in [9.17, 15) is 4.79 Å². The van der Waals surface area contributed by atoms with Gasteiger partial charge in [0.05, 0.1) is 45.5 Å². The Hall–Kier alpha value is -2.75. The molecule has 9 nitrogen and oxygen atoms in total. The van der Waals surface area contributed by atoms with Crippen molar-refractivity contribution >= 4 is 11.9 Å². The molecule has 3 heterocycles. The summed E-state index contributed by atoms with van der Waals surface area (Å²) in [6.07, 6.45) is 4.52. The highest BCUT2D eigenvalue weighted by Gasteiger charge is 2.40. The molecule has 184 valence electrons. The number of nitrogens with zero attached hydrogens (tertiary/aromatic N) is 4. The third-order valence-electron chi connectivity index (χ3n) is 6.52. The number of hydrogen-bond acceptors (Lipinski definition) is 8. The Kier molecular flexibility index (Phi) is 8.31. The van der Waals surface area contributed by atoms with Gasteiger partial charge in [-0.15, -0.1) is 0 Å². The van der Waals surface area contributed by atoms with E-state index >= 15 is 0 Å². The summed E-state index contributed by atoms with van der Waals surface area (Å²) in [5.74, 6) is 0.452. The number of likely N-dealkylation sites (tertiary alicyclic amines) is 1. The first-order valence-corrected chi connectivity index (χ1v) is 11.9. The Labute approximate surface area is 200 Å². The van der Waals surface area contributed by atoms with E-state index in [2.05, 4.69) is 44.0 Å². The van der Waals surface area contributed by atoms with E-state index in [0.29, 0.717) is 25.0 Å². The van der Waals surface area contributed by atoms with Gasteiger partial charge >= 0.3 is 5.97 Å². The van der Waals surface area contributed by atoms with Crippen molar-refractivity contribution in [1.29, 1.82) is 0 Å². The molecule has 0 aliphatic carbocycles. The van der Waals surface area contributed by atoms with Gasteiger partial charge in [-0.3, -0.25) is 9.69 Å². The van der Waals surface area contributed by atoms with Crippen LogP contribution in [0.15, 0.2) is 36.5 Å². The lowest BCUT2D eigenvalue weighted by Gasteiger charge is -2.47. The summed E-state index contributed by atoms with van der Waals surface area (Å²) < 4.78 is 17.0. The molecule has 1 aromatic carbocycles. The number of ether oxygens (including phenoxy) is 3. The van der Waals surface area contributed by atoms with E-state index in [1.807, 2.05) is 0 Å². The van der Waals surface area contributed by atoms with Gasteiger partial charge in [-0.1, -0.05) is 24.3 Å². The number of anilines is 1. The largest absolute Gasteiger partial charge is 0.481 e. The lowest BCUT2D eigenvalue weighted by molar-refractivity contribution is -0.138. The number of morpholine rings is 1. The third kappa shape index (κ3) is 6.65. The number of methoxy groups -OCH3 is 1. The average molecular weight is 471 g/mol. The lowest BCUT2D eigenvalue weighted by atomic mass is 9.89. The molecule has 0 saturated carbocycles. The number of piperidine rings is 1. The maximum absolute atomic E-state index is 10.6. The fraction of sp³-hybridized carbons (Fsp3) is 0.560. The highest BCUT2D eigenvalue weighted by molar-refractivity contribution is 5.66. The molecule has 1 spiro atoms. The molecule has 0 amide bonds. The zero-order chi connectivity index (χ0) is 23.8. The molecule has 2 aliphatic rings. The average Bonchev–Trinajstić information content (AvgIpc) is 2.86. The number of benzene rings is 1. The Morgan fingerprint density at radius 3 is 2.79 bits per heavy atom. The van der Waals surface area contributed by atoms with Crippen LogP contribution in [0.3, 0.4) is 0 Å². The molecule has 2 fully saturated rings. The van der Waals surface area contributed by atoms with Crippen LogP contribution in [-0.2, 0) is 27.2 Å². The predicted molar refractivity (Wildman–Crippen MR) is 127 cm³/mol. The quantitative estimate of drug-likeness (QED) is 0.525. The van der Waals surface area contributed by atoms with E-state index in [0.717, 1.165) is 52.0 Å². The summed E-state index contributed by atoms with van der Waals surface area (Å²) in [7, 11) is 1.62. The highest BCUT2D eigenvalue weighted by atomic mass is 16.5. The van der Waals surface area contributed by atoms with Gasteiger partial charge in [-0.05, 0) is 30.4 Å². The van der Waals surface area contributed by atoms with Crippen molar-refractivity contribution in [1.82, 2.24) is 14.9 Å². The van der Waals surface area contributed by atoms with Gasteiger partial charge in [0.15, 0.2) is 0 Å². The normalized spacial score (nSPS) is 18.2. The molecule has 1 N–H and O–H groups in total. The van der Waals surface area contributed by atoms with E-state index in [4.69, 9.17) is 19.3 Å². The first-order chi connectivity index (χ1) is 16.5. The van der Waals surface area contributed by atoms with E-state index < -0.39 is 5.97 Å². The van der Waals surface area contributed by atoms with Gasteiger partial charge in [-0.25, -0.2) is 4.98 Å². The number of hydrogen-bond donors (Lipinski definition) is 1. The molecule has 0 radical (unpaired) electrons. The van der Waals surface area contributed by atoms with Gasteiger partial charge in [0, 0.05) is 38.4 Å². The molecular formula is C25H34N4O5. The van der Waals surface area contributed by atoms with Gasteiger partial charge in [0.1, 0.15) is 0 Å². The topological polar surface area (TPSA) is 97.2 Å². The lowest BCUT2D eigenvalue weighted by Crippen LogP contribution is -2.57. The van der Waals surface area contributed by atoms with Crippen LogP contribution in [0.4, 0.5) is 5.95 Å². The maximum Gasteiger partial charge on any atom is 0.305 e. The minimum Gasteiger partial charge on any atom is -0.481 e. The molecular weight excluding hydrogens is 436 g/mol. The molecule has 0 atom stereocenters. The molecule has 0 bridgehead atoms. The minimum atomic E-state index is -0.828. The summed E-state index contributed by atoms with van der Waals surface area (Å²) >= 11 is 0. The summed E-state index contributed by atoms with van der Waals surface area (Å²) in [5.41, 5.74) is 2.34. The number of carboxylic acid groups (broad SMARTS) is 1. The molecule has 4 rings (SSSR count). The first-order valence-electron chi connectivity index (χ1n) is 11.9. The van der Waals surface area contributed by atoms with Crippen LogP contribution in [0.5, 0.6) is 5.88 Å². The van der Waals surface area contributed by atoms with Crippen LogP contribution in [0.1, 0.15) is 30.4 Å². The van der Waals surface area contributed by atoms with Crippen LogP contribution in [-0.4, -0.2) is 84.7 Å². The standard InChI is InChI=1S/C25H34N4O5/c1-32-22-5-10-26-24(27-22)29-13-16-34-25(19-29)8-11-28(12-9-25)18-21-4-2-3-20(17-21)6-14-33-15-7-23(30)31/h2-5,10,17H,6-9,11-16,18-19H2,1H3,(H,30,31). The molecule has 1 aromatic heterocycles. The minimum absolute atomic E-state index is 0.0462. The second-order valence-corrected chi connectivity index (χ2v) is 8.95. The van der Waals surface area contributed by atoms with E-state index in [-0.39, 0.29) is 18.6 Å². The SMILES string of the molecule is COc1ccnc(N2CCOC3(CCN(Cc4cccc(CCOCCC(=O)O)c4)CC3)C2)n1. The fourth-order valence-electron chi connectivity index (χ4n) is 4.63. The van der Waals surface area contributed by atoms with Gasteiger partial charge < -0.3 is 24.2 Å². The van der Waals surface area contributed by atoms with Crippen molar-refractivity contribution < 1.29 is 24.1 Å². The number of aliphatic carboxylic acids is 1. The Bertz CT molecular complexity index is 948. The van der Waals surface area contributed by atoms with Crippen LogP contribution >= 0.6 is 0 Å². The summed E-state index contributed by atoms with van der Waals surface area (Å²) in [6, 6.07) is 10.3. The summed E-state index contributed by atoms with van der Waals surface area (Å²) in [5, 5.41) is 8.68. The third-order valence-corrected chi connectivity index (χ3v) is 6.52. The monoisotopic (exact) mass is 470 g/mol. The molecule has 9 heteroatoms. The predicted octanol–water partition coefficient (Wildman–Crippen LogP) is 2.39. The molecule has 2 aliphatic heterocycles. The number of aromatic nitrogens is 2. The zero-order valence-electron chi connectivity index (χ0n) is 19.8. The van der Waals surface area contributed by atoms with Gasteiger partial charge in [-0.2, -0.15) is 4.98 Å². The van der Waals surface area contributed by atoms with Crippen molar-refractivity contribution in [2.45, 2.75) is 37.8 Å². The van der Waals surface area contributed by atoms with Crippen molar-refractivity contribution in [3.8, 4) is 5.88 Å². The molecule has 34 heavy (non-hydrogen) atoms. The van der Waals surface area contributed by atoms with Gasteiger partial charge in [0.25, 0.3) is 0 Å². The van der Waals surface area contributed by atoms with Crippen LogP contribution in [0.25, 0.3) is 0 Å². The molecule has 2 aromatic rings. The Morgan fingerprint density at radius 1 is 1.18 bits per heavy atom. The second kappa shape index (κ2) is 11.6. The first kappa shape index (κ1) is 24.4. The zero-order valence-corrected chi connectivity index (χ0v) is 19.8. The van der Waals surface area contributed by atoms with Gasteiger partial charge in [0.2, 0.25) is 11.8 Å².